The maximum absolute atomic E-state index is 10.2. The number of likely N-dealkylation sites (N-methyl/N-ethyl adjacent to an activating group) is 1. The smallest absolute Gasteiger partial charge is 0.0834 e. The summed E-state index contributed by atoms with van der Waals surface area (Å²) in [5, 5.41) is 10.2. The third-order valence-corrected chi connectivity index (χ3v) is 4.37. The van der Waals surface area contributed by atoms with E-state index in [1.165, 1.54) is 11.1 Å². The van der Waals surface area contributed by atoms with Crippen molar-refractivity contribution in [3.8, 4) is 0 Å². The first-order valence-corrected chi connectivity index (χ1v) is 8.28. The molecule has 122 valence electrons. The minimum absolute atomic E-state index is 0.238. The molecule has 0 unspecified atom stereocenters. The summed E-state index contributed by atoms with van der Waals surface area (Å²) in [7, 11) is 4.09. The van der Waals surface area contributed by atoms with Crippen molar-refractivity contribution in [2.75, 3.05) is 33.7 Å². The summed E-state index contributed by atoms with van der Waals surface area (Å²) in [6, 6.07) is 10.9. The molecule has 1 N–H and O–H groups in total. The minimum Gasteiger partial charge on any atom is -0.390 e. The summed E-state index contributed by atoms with van der Waals surface area (Å²) in [4.78, 5) is 4.50. The quantitative estimate of drug-likeness (QED) is 0.875. The SMILES string of the molecule is CC(C)C/C=C(\CN1C[C@H](O)[C@@H](N(C)C)C1)c1ccccc1. The summed E-state index contributed by atoms with van der Waals surface area (Å²) in [6.45, 7) is 7.11. The van der Waals surface area contributed by atoms with Crippen molar-refractivity contribution in [2.45, 2.75) is 32.4 Å². The van der Waals surface area contributed by atoms with E-state index in [1.807, 2.05) is 14.1 Å². The van der Waals surface area contributed by atoms with Crippen molar-refractivity contribution < 1.29 is 5.11 Å². The molecule has 1 saturated heterocycles. The largest absolute Gasteiger partial charge is 0.390 e. The van der Waals surface area contributed by atoms with Crippen LogP contribution in [0.1, 0.15) is 25.8 Å². The Bertz CT molecular complexity index is 481. The van der Waals surface area contributed by atoms with Crippen LogP contribution in [0.4, 0.5) is 0 Å². The molecular weight excluding hydrogens is 272 g/mol. The van der Waals surface area contributed by atoms with Gasteiger partial charge in [-0.15, -0.1) is 0 Å². The van der Waals surface area contributed by atoms with Crippen molar-refractivity contribution in [3.63, 3.8) is 0 Å². The maximum Gasteiger partial charge on any atom is 0.0834 e. The first kappa shape index (κ1) is 17.2. The molecule has 1 aliphatic heterocycles. The Morgan fingerprint density at radius 1 is 1.27 bits per heavy atom. The second-order valence-corrected chi connectivity index (χ2v) is 7.02. The summed E-state index contributed by atoms with van der Waals surface area (Å²) < 4.78 is 0. The van der Waals surface area contributed by atoms with Crippen molar-refractivity contribution in [1.82, 2.24) is 9.80 Å². The van der Waals surface area contributed by atoms with Crippen LogP contribution in [-0.4, -0.2) is 60.8 Å². The molecule has 0 aliphatic carbocycles. The molecule has 1 aromatic carbocycles. The fourth-order valence-corrected chi connectivity index (χ4v) is 3.03. The Kier molecular flexibility index (Phi) is 6.18. The third-order valence-electron chi connectivity index (χ3n) is 4.37. The van der Waals surface area contributed by atoms with Gasteiger partial charge >= 0.3 is 0 Å². The van der Waals surface area contributed by atoms with Crippen LogP contribution >= 0.6 is 0 Å². The van der Waals surface area contributed by atoms with Crippen LogP contribution in [0.3, 0.4) is 0 Å². The van der Waals surface area contributed by atoms with E-state index in [0.717, 1.165) is 26.1 Å². The molecule has 0 radical (unpaired) electrons. The van der Waals surface area contributed by atoms with Crippen molar-refractivity contribution >= 4 is 5.57 Å². The van der Waals surface area contributed by atoms with Gasteiger partial charge in [0.05, 0.1) is 6.10 Å². The highest BCUT2D eigenvalue weighted by Crippen LogP contribution is 2.22. The van der Waals surface area contributed by atoms with Crippen LogP contribution in [-0.2, 0) is 0 Å². The molecule has 1 aromatic rings. The Hall–Kier alpha value is -1.16. The van der Waals surface area contributed by atoms with Gasteiger partial charge in [0.1, 0.15) is 0 Å². The van der Waals surface area contributed by atoms with Gasteiger partial charge in [-0.2, -0.15) is 0 Å². The zero-order valence-corrected chi connectivity index (χ0v) is 14.4. The number of benzene rings is 1. The molecule has 0 amide bonds. The molecule has 0 spiro atoms. The van der Waals surface area contributed by atoms with E-state index in [-0.39, 0.29) is 12.1 Å². The molecule has 3 heteroatoms. The van der Waals surface area contributed by atoms with Crippen LogP contribution in [0.15, 0.2) is 36.4 Å². The number of rotatable bonds is 6. The Balaban J connectivity index is 2.09. The van der Waals surface area contributed by atoms with Crippen molar-refractivity contribution in [1.29, 1.82) is 0 Å². The van der Waals surface area contributed by atoms with E-state index >= 15 is 0 Å². The van der Waals surface area contributed by atoms with Gasteiger partial charge in [0.2, 0.25) is 0 Å². The van der Waals surface area contributed by atoms with E-state index < -0.39 is 0 Å². The standard InChI is InChI=1S/C19H30N2O/c1-15(2)10-11-17(16-8-6-5-7-9-16)12-21-13-18(20(3)4)19(22)14-21/h5-9,11,15,18-19,22H,10,12-14H2,1-4H3/b17-11+/t18-,19-/m0/s1. The molecule has 1 fully saturated rings. The van der Waals surface area contributed by atoms with Crippen LogP contribution in [0, 0.1) is 5.92 Å². The fraction of sp³-hybridized carbons (Fsp3) is 0.579. The highest BCUT2D eigenvalue weighted by molar-refractivity contribution is 5.66. The molecular formula is C19H30N2O. The lowest BCUT2D eigenvalue weighted by molar-refractivity contribution is 0.113. The summed E-state index contributed by atoms with van der Waals surface area (Å²) in [5.41, 5.74) is 2.67. The number of hydrogen-bond acceptors (Lipinski definition) is 3. The fourth-order valence-electron chi connectivity index (χ4n) is 3.03. The first-order valence-electron chi connectivity index (χ1n) is 8.28. The summed E-state index contributed by atoms with van der Waals surface area (Å²) in [5.74, 6) is 0.664. The number of aliphatic hydroxyl groups is 1. The average molecular weight is 302 g/mol. The summed E-state index contributed by atoms with van der Waals surface area (Å²) in [6.07, 6.45) is 3.21. The summed E-state index contributed by atoms with van der Waals surface area (Å²) >= 11 is 0. The maximum atomic E-state index is 10.2. The normalized spacial score (nSPS) is 23.7. The predicted molar refractivity (Wildman–Crippen MR) is 93.8 cm³/mol. The van der Waals surface area contributed by atoms with Crippen molar-refractivity contribution in [2.24, 2.45) is 5.92 Å². The van der Waals surface area contributed by atoms with E-state index in [2.05, 4.69) is 60.1 Å². The second kappa shape index (κ2) is 7.91. The third kappa shape index (κ3) is 4.67. The molecule has 2 atom stereocenters. The van der Waals surface area contributed by atoms with E-state index in [4.69, 9.17) is 0 Å². The number of aliphatic hydroxyl groups excluding tert-OH is 1. The lowest BCUT2D eigenvalue weighted by Gasteiger charge is -2.22. The molecule has 1 heterocycles. The topological polar surface area (TPSA) is 26.7 Å². The Morgan fingerprint density at radius 2 is 1.95 bits per heavy atom. The van der Waals surface area contributed by atoms with E-state index in [0.29, 0.717) is 5.92 Å². The number of hydrogen-bond donors (Lipinski definition) is 1. The zero-order valence-electron chi connectivity index (χ0n) is 14.4. The number of nitrogens with zero attached hydrogens (tertiary/aromatic N) is 2. The van der Waals surface area contributed by atoms with Crippen LogP contribution < -0.4 is 0 Å². The lowest BCUT2D eigenvalue weighted by atomic mass is 10.0. The molecule has 0 aromatic heterocycles. The number of likely N-dealkylation sites (tertiary alicyclic amines) is 1. The Labute approximate surface area is 135 Å². The zero-order chi connectivity index (χ0) is 16.1. The molecule has 2 rings (SSSR count). The van der Waals surface area contributed by atoms with Gasteiger partial charge in [-0.25, -0.2) is 0 Å². The molecule has 22 heavy (non-hydrogen) atoms. The van der Waals surface area contributed by atoms with Gasteiger partial charge in [-0.05, 0) is 37.6 Å². The van der Waals surface area contributed by atoms with Gasteiger partial charge in [-0.1, -0.05) is 50.3 Å². The first-order chi connectivity index (χ1) is 10.5. The van der Waals surface area contributed by atoms with Gasteiger partial charge < -0.3 is 10.0 Å². The van der Waals surface area contributed by atoms with Crippen LogP contribution in [0.25, 0.3) is 5.57 Å². The van der Waals surface area contributed by atoms with Crippen LogP contribution in [0.2, 0.25) is 0 Å². The van der Waals surface area contributed by atoms with Crippen molar-refractivity contribution in [3.05, 3.63) is 42.0 Å². The molecule has 0 saturated carbocycles. The minimum atomic E-state index is -0.253. The lowest BCUT2D eigenvalue weighted by Crippen LogP contribution is -2.38. The monoisotopic (exact) mass is 302 g/mol. The molecule has 0 bridgehead atoms. The van der Waals surface area contributed by atoms with Gasteiger partial charge in [0, 0.05) is 25.7 Å². The van der Waals surface area contributed by atoms with E-state index in [1.54, 1.807) is 0 Å². The van der Waals surface area contributed by atoms with Gasteiger partial charge in [-0.3, -0.25) is 4.90 Å². The van der Waals surface area contributed by atoms with Crippen LogP contribution in [0.5, 0.6) is 0 Å². The Morgan fingerprint density at radius 3 is 2.50 bits per heavy atom. The predicted octanol–water partition coefficient (Wildman–Crippen LogP) is 2.72. The van der Waals surface area contributed by atoms with Gasteiger partial charge in [0.15, 0.2) is 0 Å². The second-order valence-electron chi connectivity index (χ2n) is 7.02. The highest BCUT2D eigenvalue weighted by atomic mass is 16.3. The van der Waals surface area contributed by atoms with Gasteiger partial charge in [0.25, 0.3) is 0 Å². The average Bonchev–Trinajstić information content (AvgIpc) is 2.85. The molecule has 3 nitrogen and oxygen atoms in total. The highest BCUT2D eigenvalue weighted by Gasteiger charge is 2.32. The van der Waals surface area contributed by atoms with E-state index in [9.17, 15) is 5.11 Å². The number of β-amino-alcohol motifs (C(OH)–C–C–N with tert-alkyl or cyclic N) is 1. The number of allylic oxidation sites excluding steroid dienone is 1. The molecule has 1 aliphatic rings.